The van der Waals surface area contributed by atoms with Gasteiger partial charge in [0.15, 0.2) is 0 Å². The number of ether oxygens (including phenoxy) is 1. The van der Waals surface area contributed by atoms with Crippen LogP contribution in [0.2, 0.25) is 0 Å². The van der Waals surface area contributed by atoms with Gasteiger partial charge in [0.1, 0.15) is 17.4 Å². The molecule has 4 heteroatoms. The molecule has 0 spiro atoms. The van der Waals surface area contributed by atoms with Crippen LogP contribution < -0.4 is 15.4 Å². The van der Waals surface area contributed by atoms with E-state index in [4.69, 9.17) is 10.5 Å². The molecule has 0 saturated carbocycles. The van der Waals surface area contributed by atoms with Crippen molar-refractivity contribution < 1.29 is 4.74 Å². The zero-order valence-corrected chi connectivity index (χ0v) is 14.7. The van der Waals surface area contributed by atoms with Gasteiger partial charge in [-0.1, -0.05) is 36.4 Å². The molecule has 0 aliphatic carbocycles. The van der Waals surface area contributed by atoms with Crippen LogP contribution in [0.5, 0.6) is 5.75 Å². The molecule has 26 heavy (non-hydrogen) atoms. The van der Waals surface area contributed by atoms with Crippen molar-refractivity contribution >= 4 is 16.5 Å². The Balaban J connectivity index is 1.92. The van der Waals surface area contributed by atoms with E-state index in [0.29, 0.717) is 11.3 Å². The van der Waals surface area contributed by atoms with E-state index in [0.717, 1.165) is 27.6 Å². The first-order valence-corrected chi connectivity index (χ1v) is 8.46. The maximum atomic E-state index is 9.70. The van der Waals surface area contributed by atoms with Crippen LogP contribution >= 0.6 is 0 Å². The van der Waals surface area contributed by atoms with E-state index in [1.165, 1.54) is 0 Å². The Bertz CT molecular complexity index is 1060. The lowest BCUT2D eigenvalue weighted by Gasteiger charge is -2.27. The third-order valence-electron chi connectivity index (χ3n) is 4.83. The Morgan fingerprint density at radius 1 is 1.00 bits per heavy atom. The molecule has 128 valence electrons. The molecular formula is C22H19N3O. The van der Waals surface area contributed by atoms with Gasteiger partial charge in [0.05, 0.1) is 5.92 Å². The number of nitrogens with two attached hydrogens (primary N) is 1. The van der Waals surface area contributed by atoms with Gasteiger partial charge < -0.3 is 15.4 Å². The van der Waals surface area contributed by atoms with E-state index in [9.17, 15) is 5.26 Å². The Morgan fingerprint density at radius 3 is 2.27 bits per heavy atom. The molecule has 1 atom stereocenters. The molecule has 4 rings (SSSR count). The molecule has 0 amide bonds. The second-order valence-corrected chi connectivity index (χ2v) is 6.65. The summed E-state index contributed by atoms with van der Waals surface area (Å²) in [6.07, 6.45) is 0. The summed E-state index contributed by atoms with van der Waals surface area (Å²) in [6.45, 7) is 0. The average molecular weight is 341 g/mol. The summed E-state index contributed by atoms with van der Waals surface area (Å²) in [6, 6.07) is 22.7. The first-order chi connectivity index (χ1) is 12.6. The molecule has 1 unspecified atom stereocenters. The molecule has 3 aromatic rings. The molecule has 1 aliphatic heterocycles. The summed E-state index contributed by atoms with van der Waals surface area (Å²) in [5.41, 5.74) is 9.62. The molecule has 0 saturated heterocycles. The topological polar surface area (TPSA) is 62.3 Å². The van der Waals surface area contributed by atoms with Gasteiger partial charge >= 0.3 is 0 Å². The van der Waals surface area contributed by atoms with E-state index in [1.807, 2.05) is 43.3 Å². The van der Waals surface area contributed by atoms with Gasteiger partial charge in [-0.15, -0.1) is 0 Å². The molecule has 0 bridgehead atoms. The molecule has 0 fully saturated rings. The number of benzene rings is 3. The normalized spacial score (nSPS) is 16.0. The molecule has 2 N–H and O–H groups in total. The fourth-order valence-corrected chi connectivity index (χ4v) is 3.45. The molecular weight excluding hydrogens is 322 g/mol. The number of fused-ring (bicyclic) bond motifs is 2. The van der Waals surface area contributed by atoms with E-state index in [-0.39, 0.29) is 11.8 Å². The minimum absolute atomic E-state index is 0.178. The van der Waals surface area contributed by atoms with E-state index < -0.39 is 0 Å². The van der Waals surface area contributed by atoms with Crippen molar-refractivity contribution in [3.8, 4) is 11.8 Å². The lowest BCUT2D eigenvalue weighted by atomic mass is 9.82. The summed E-state index contributed by atoms with van der Waals surface area (Å²) < 4.78 is 5.78. The Labute approximate surface area is 152 Å². The zero-order valence-electron chi connectivity index (χ0n) is 14.7. The Morgan fingerprint density at radius 2 is 1.65 bits per heavy atom. The maximum Gasteiger partial charge on any atom is 0.205 e. The number of hydrogen-bond acceptors (Lipinski definition) is 4. The van der Waals surface area contributed by atoms with Crippen LogP contribution in [-0.2, 0) is 0 Å². The molecule has 0 radical (unpaired) electrons. The van der Waals surface area contributed by atoms with Crippen LogP contribution in [-0.4, -0.2) is 14.1 Å². The van der Waals surface area contributed by atoms with Gasteiger partial charge in [0, 0.05) is 25.3 Å². The smallest absolute Gasteiger partial charge is 0.205 e. The van der Waals surface area contributed by atoms with Gasteiger partial charge in [-0.25, -0.2) is 0 Å². The third kappa shape index (κ3) is 2.55. The van der Waals surface area contributed by atoms with Crippen LogP contribution in [0, 0.1) is 11.3 Å². The molecule has 1 heterocycles. The van der Waals surface area contributed by atoms with Crippen molar-refractivity contribution in [1.82, 2.24) is 0 Å². The highest BCUT2D eigenvalue weighted by Gasteiger charge is 2.30. The van der Waals surface area contributed by atoms with Gasteiger partial charge in [-0.2, -0.15) is 5.26 Å². The Hall–Kier alpha value is -3.45. The number of anilines is 1. The van der Waals surface area contributed by atoms with Crippen molar-refractivity contribution in [2.75, 3.05) is 19.0 Å². The van der Waals surface area contributed by atoms with Crippen LogP contribution in [0.3, 0.4) is 0 Å². The van der Waals surface area contributed by atoms with E-state index >= 15 is 0 Å². The van der Waals surface area contributed by atoms with Crippen molar-refractivity contribution in [3.05, 3.63) is 83.2 Å². The molecule has 3 aromatic carbocycles. The zero-order chi connectivity index (χ0) is 18.3. The highest BCUT2D eigenvalue weighted by molar-refractivity contribution is 5.86. The summed E-state index contributed by atoms with van der Waals surface area (Å²) in [4.78, 5) is 2.05. The maximum absolute atomic E-state index is 9.70. The van der Waals surface area contributed by atoms with Gasteiger partial charge in [-0.3, -0.25) is 0 Å². The van der Waals surface area contributed by atoms with Gasteiger partial charge in [-0.05, 0) is 40.6 Å². The summed E-state index contributed by atoms with van der Waals surface area (Å²) in [7, 11) is 4.01. The van der Waals surface area contributed by atoms with Crippen molar-refractivity contribution in [2.45, 2.75) is 5.92 Å². The predicted octanol–water partition coefficient (Wildman–Crippen LogP) is 4.12. The molecule has 0 aromatic heterocycles. The van der Waals surface area contributed by atoms with E-state index in [1.54, 1.807) is 0 Å². The number of allylic oxidation sites excluding steroid dienone is 1. The number of nitrogens with zero attached hydrogens (tertiary/aromatic N) is 2. The predicted molar refractivity (Wildman–Crippen MR) is 104 cm³/mol. The second-order valence-electron chi connectivity index (χ2n) is 6.65. The monoisotopic (exact) mass is 341 g/mol. The van der Waals surface area contributed by atoms with Crippen LogP contribution in [0.1, 0.15) is 17.0 Å². The SMILES string of the molecule is CN(C)c1ccc(C2C(C#N)=C(N)Oc3cc4ccccc4cc32)cc1. The Kier molecular flexibility index (Phi) is 3.78. The van der Waals surface area contributed by atoms with Crippen molar-refractivity contribution in [2.24, 2.45) is 5.73 Å². The number of hydrogen-bond donors (Lipinski definition) is 1. The average Bonchev–Trinajstić information content (AvgIpc) is 2.65. The van der Waals surface area contributed by atoms with Crippen LogP contribution in [0.25, 0.3) is 10.8 Å². The minimum Gasteiger partial charge on any atom is -0.440 e. The highest BCUT2D eigenvalue weighted by Crippen LogP contribution is 2.43. The lowest BCUT2D eigenvalue weighted by Crippen LogP contribution is -2.21. The molecule has 1 aliphatic rings. The second kappa shape index (κ2) is 6.12. The first-order valence-electron chi connectivity index (χ1n) is 8.46. The van der Waals surface area contributed by atoms with Crippen LogP contribution in [0.4, 0.5) is 5.69 Å². The first kappa shape index (κ1) is 16.0. The summed E-state index contributed by atoms with van der Waals surface area (Å²) >= 11 is 0. The standard InChI is InChI=1S/C22H19N3O/c1-25(2)17-9-7-14(8-10-17)21-18-11-15-5-3-4-6-16(15)12-20(18)26-22(24)19(21)13-23/h3-12,21H,24H2,1-2H3. The summed E-state index contributed by atoms with van der Waals surface area (Å²) in [5.74, 6) is 0.656. The molecule has 4 nitrogen and oxygen atoms in total. The van der Waals surface area contributed by atoms with Gasteiger partial charge in [0.25, 0.3) is 0 Å². The highest BCUT2D eigenvalue weighted by atomic mass is 16.5. The minimum atomic E-state index is -0.232. The van der Waals surface area contributed by atoms with Crippen LogP contribution in [0.15, 0.2) is 72.1 Å². The quantitative estimate of drug-likeness (QED) is 0.761. The van der Waals surface area contributed by atoms with Gasteiger partial charge in [0.2, 0.25) is 5.88 Å². The number of rotatable bonds is 2. The third-order valence-corrected chi connectivity index (χ3v) is 4.83. The largest absolute Gasteiger partial charge is 0.440 e. The lowest BCUT2D eigenvalue weighted by molar-refractivity contribution is 0.394. The summed E-state index contributed by atoms with van der Waals surface area (Å²) in [5, 5.41) is 11.9. The fourth-order valence-electron chi connectivity index (χ4n) is 3.45. The van der Waals surface area contributed by atoms with Crippen molar-refractivity contribution in [3.63, 3.8) is 0 Å². The van der Waals surface area contributed by atoms with Crippen molar-refractivity contribution in [1.29, 1.82) is 5.26 Å². The fraction of sp³-hybridized carbons (Fsp3) is 0.136. The number of nitriles is 1. The van der Waals surface area contributed by atoms with E-state index in [2.05, 4.69) is 42.5 Å².